The second-order valence-corrected chi connectivity index (χ2v) is 7.87. The highest BCUT2D eigenvalue weighted by atomic mass is 32.1. The van der Waals surface area contributed by atoms with Crippen LogP contribution in [0.5, 0.6) is 11.5 Å². The first-order valence-electron chi connectivity index (χ1n) is 9.06. The lowest BCUT2D eigenvalue weighted by molar-refractivity contribution is -0.173. The van der Waals surface area contributed by atoms with Crippen molar-refractivity contribution in [2.24, 2.45) is 0 Å². The van der Waals surface area contributed by atoms with Gasteiger partial charge >= 0.3 is 6.18 Å². The van der Waals surface area contributed by atoms with Gasteiger partial charge in [0, 0.05) is 29.1 Å². The molecule has 0 radical (unpaired) electrons. The lowest BCUT2D eigenvalue weighted by atomic mass is 10.0. The minimum atomic E-state index is -4.50. The molecule has 0 bridgehead atoms. The molecule has 4 heterocycles. The Morgan fingerprint density at radius 1 is 1.23 bits per heavy atom. The summed E-state index contributed by atoms with van der Waals surface area (Å²) in [4.78, 5) is 13.4. The first-order chi connectivity index (χ1) is 14.4. The zero-order chi connectivity index (χ0) is 20.9. The quantitative estimate of drug-likeness (QED) is 0.628. The second-order valence-electron chi connectivity index (χ2n) is 6.89. The Balaban J connectivity index is 1.42. The number of benzene rings is 1. The highest BCUT2D eigenvalue weighted by Gasteiger charge is 2.47. The first-order valence-corrected chi connectivity index (χ1v) is 9.93. The molecule has 0 spiro atoms. The van der Waals surface area contributed by atoms with E-state index in [4.69, 9.17) is 9.47 Å². The number of fused-ring (bicyclic) bond motifs is 2. The van der Waals surface area contributed by atoms with Crippen LogP contribution in [0.3, 0.4) is 0 Å². The molecule has 0 fully saturated rings. The van der Waals surface area contributed by atoms with Gasteiger partial charge in [-0.15, -0.1) is 11.3 Å². The number of thiophene rings is 1. The molecule has 7 nitrogen and oxygen atoms in total. The van der Waals surface area contributed by atoms with Gasteiger partial charge in [0.25, 0.3) is 5.91 Å². The number of hydrogen-bond donors (Lipinski definition) is 2. The number of carbonyl (C=O) groups is 1. The van der Waals surface area contributed by atoms with Gasteiger partial charge in [-0.25, -0.2) is 4.68 Å². The van der Waals surface area contributed by atoms with E-state index in [1.54, 1.807) is 30.3 Å². The van der Waals surface area contributed by atoms with Crippen molar-refractivity contribution in [1.29, 1.82) is 0 Å². The molecule has 11 heteroatoms. The van der Waals surface area contributed by atoms with E-state index in [1.165, 1.54) is 17.4 Å². The molecule has 2 aliphatic heterocycles. The summed E-state index contributed by atoms with van der Waals surface area (Å²) in [5.74, 6) is 0.570. The summed E-state index contributed by atoms with van der Waals surface area (Å²) in [7, 11) is 0. The smallest absolute Gasteiger partial charge is 0.410 e. The lowest BCUT2D eigenvalue weighted by Crippen LogP contribution is -2.35. The van der Waals surface area contributed by atoms with Gasteiger partial charge in [0.1, 0.15) is 5.82 Å². The minimum Gasteiger partial charge on any atom is -0.454 e. The van der Waals surface area contributed by atoms with Gasteiger partial charge < -0.3 is 20.1 Å². The van der Waals surface area contributed by atoms with Gasteiger partial charge in [-0.2, -0.15) is 18.3 Å². The van der Waals surface area contributed by atoms with Crippen LogP contribution in [-0.4, -0.2) is 28.7 Å². The van der Waals surface area contributed by atoms with Crippen LogP contribution in [-0.2, 0) is 0 Å². The Kier molecular flexibility index (Phi) is 4.35. The fraction of sp³-hybridized carbons (Fsp3) is 0.263. The van der Waals surface area contributed by atoms with E-state index in [0.717, 1.165) is 9.56 Å². The average Bonchev–Trinajstić information content (AvgIpc) is 3.44. The molecule has 156 valence electrons. The molecule has 2 N–H and O–H groups in total. The van der Waals surface area contributed by atoms with Crippen molar-refractivity contribution in [2.45, 2.75) is 24.7 Å². The Labute approximate surface area is 172 Å². The molecule has 0 unspecified atom stereocenters. The number of rotatable bonds is 3. The Morgan fingerprint density at radius 3 is 2.83 bits per heavy atom. The van der Waals surface area contributed by atoms with E-state index >= 15 is 0 Å². The predicted octanol–water partition coefficient (Wildman–Crippen LogP) is 4.59. The van der Waals surface area contributed by atoms with Crippen molar-refractivity contribution in [1.82, 2.24) is 9.78 Å². The minimum absolute atomic E-state index is 0.0937. The zero-order valence-electron chi connectivity index (χ0n) is 15.3. The Morgan fingerprint density at radius 2 is 2.07 bits per heavy atom. The summed E-state index contributed by atoms with van der Waals surface area (Å²) in [5, 5.41) is 11.5. The number of halogens is 3. The number of nitrogens with zero attached hydrogens (tertiary/aromatic N) is 2. The molecule has 5 rings (SSSR count). The average molecular weight is 436 g/mol. The monoisotopic (exact) mass is 436 g/mol. The highest BCUT2D eigenvalue weighted by molar-refractivity contribution is 7.10. The van der Waals surface area contributed by atoms with E-state index in [1.807, 2.05) is 5.38 Å². The molecular formula is C19H15F3N4O3S. The molecule has 3 aromatic rings. The van der Waals surface area contributed by atoms with Crippen molar-refractivity contribution in [2.75, 3.05) is 17.4 Å². The van der Waals surface area contributed by atoms with E-state index in [0.29, 0.717) is 17.2 Å². The van der Waals surface area contributed by atoms with Gasteiger partial charge in [0.05, 0.1) is 6.04 Å². The van der Waals surface area contributed by atoms with Crippen LogP contribution in [0.25, 0.3) is 0 Å². The van der Waals surface area contributed by atoms with Gasteiger partial charge in [0.15, 0.2) is 23.2 Å². The number of hydrogen-bond acceptors (Lipinski definition) is 6. The number of carbonyl (C=O) groups excluding carboxylic acids is 1. The van der Waals surface area contributed by atoms with Crippen LogP contribution < -0.4 is 20.1 Å². The molecule has 2 atom stereocenters. The zero-order valence-corrected chi connectivity index (χ0v) is 16.1. The number of nitrogens with one attached hydrogen (secondary N) is 2. The van der Waals surface area contributed by atoms with Gasteiger partial charge in [-0.3, -0.25) is 4.79 Å². The number of ether oxygens (including phenoxy) is 2. The van der Waals surface area contributed by atoms with Crippen molar-refractivity contribution in [3.63, 3.8) is 0 Å². The lowest BCUT2D eigenvalue weighted by Gasteiger charge is -2.32. The van der Waals surface area contributed by atoms with Crippen LogP contribution in [0, 0.1) is 0 Å². The number of amides is 1. The summed E-state index contributed by atoms with van der Waals surface area (Å²) >= 11 is 1.38. The molecule has 1 amide bonds. The third kappa shape index (κ3) is 3.34. The molecule has 0 saturated carbocycles. The fourth-order valence-electron chi connectivity index (χ4n) is 3.53. The normalized spacial score (nSPS) is 19.8. The fourth-order valence-corrected chi connectivity index (χ4v) is 4.32. The summed E-state index contributed by atoms with van der Waals surface area (Å²) in [6.45, 7) is 0.0937. The van der Waals surface area contributed by atoms with Crippen molar-refractivity contribution >= 4 is 28.7 Å². The molecule has 2 aromatic heterocycles. The van der Waals surface area contributed by atoms with Crippen molar-refractivity contribution < 1.29 is 27.4 Å². The van der Waals surface area contributed by atoms with Gasteiger partial charge in [-0.05, 0) is 23.6 Å². The molecular weight excluding hydrogens is 421 g/mol. The van der Waals surface area contributed by atoms with Gasteiger partial charge in [0.2, 0.25) is 6.79 Å². The SMILES string of the molecule is O=C(Nc1ccc2c(c1)OCO2)c1cc2n(n1)[C@@H](C(F)(F)F)C[C@@H](c1cccs1)N2. The Hall–Kier alpha value is -3.21. The van der Waals surface area contributed by atoms with Crippen LogP contribution in [0.15, 0.2) is 41.8 Å². The topological polar surface area (TPSA) is 77.4 Å². The first kappa shape index (κ1) is 18.8. The highest BCUT2D eigenvalue weighted by Crippen LogP contribution is 2.44. The van der Waals surface area contributed by atoms with E-state index < -0.39 is 24.2 Å². The third-order valence-electron chi connectivity index (χ3n) is 4.94. The molecule has 1 aromatic carbocycles. The maximum Gasteiger partial charge on any atom is 0.410 e. The molecule has 2 aliphatic rings. The third-order valence-corrected chi connectivity index (χ3v) is 5.93. The van der Waals surface area contributed by atoms with Gasteiger partial charge in [-0.1, -0.05) is 6.07 Å². The van der Waals surface area contributed by atoms with Crippen LogP contribution in [0.1, 0.15) is 33.9 Å². The second kappa shape index (κ2) is 6.94. The van der Waals surface area contributed by atoms with E-state index in [2.05, 4.69) is 15.7 Å². The van der Waals surface area contributed by atoms with Crippen LogP contribution >= 0.6 is 11.3 Å². The van der Waals surface area contributed by atoms with E-state index in [9.17, 15) is 18.0 Å². The Bertz CT molecular complexity index is 1100. The van der Waals surface area contributed by atoms with E-state index in [-0.39, 0.29) is 24.7 Å². The number of alkyl halides is 3. The molecule has 30 heavy (non-hydrogen) atoms. The van der Waals surface area contributed by atoms with Crippen LogP contribution in [0.4, 0.5) is 24.7 Å². The summed E-state index contributed by atoms with van der Waals surface area (Å²) in [6, 6.07) is 7.42. The number of anilines is 2. The van der Waals surface area contributed by atoms with Crippen molar-refractivity contribution in [3.05, 3.63) is 52.3 Å². The standard InChI is InChI=1S/C19H15F3N4O3S/c20-19(21,22)16-7-11(15-2-1-5-30-15)24-17-8-12(25-26(16)17)18(27)23-10-3-4-13-14(6-10)29-9-28-13/h1-6,8,11,16,24H,7,9H2,(H,23,27)/t11-,16+/m0/s1. The summed E-state index contributed by atoms with van der Waals surface area (Å²) in [6.07, 6.45) is -4.70. The molecule has 0 aliphatic carbocycles. The predicted molar refractivity (Wildman–Crippen MR) is 103 cm³/mol. The molecule has 0 saturated heterocycles. The maximum absolute atomic E-state index is 13.7. The largest absolute Gasteiger partial charge is 0.454 e. The van der Waals surface area contributed by atoms with Crippen molar-refractivity contribution in [3.8, 4) is 11.5 Å². The number of aromatic nitrogens is 2. The summed E-state index contributed by atoms with van der Waals surface area (Å²) < 4.78 is 52.5. The van der Waals surface area contributed by atoms with Crippen LogP contribution in [0.2, 0.25) is 0 Å². The maximum atomic E-state index is 13.7. The summed E-state index contributed by atoms with van der Waals surface area (Å²) in [5.41, 5.74) is 0.309.